The summed E-state index contributed by atoms with van der Waals surface area (Å²) in [6, 6.07) is 13.9. The van der Waals surface area contributed by atoms with Gasteiger partial charge >= 0.3 is 5.97 Å². The lowest BCUT2D eigenvalue weighted by Crippen LogP contribution is -2.44. The number of fused-ring (bicyclic) bond motifs is 1. The normalized spacial score (nSPS) is 16.9. The van der Waals surface area contributed by atoms with Crippen molar-refractivity contribution in [2.24, 2.45) is 5.92 Å². The molecule has 182 valence electrons. The monoisotopic (exact) mass is 488 g/mol. The van der Waals surface area contributed by atoms with E-state index in [4.69, 9.17) is 14.2 Å². The topological polar surface area (TPSA) is 111 Å². The predicted molar refractivity (Wildman–Crippen MR) is 123 cm³/mol. The van der Waals surface area contributed by atoms with Gasteiger partial charge in [-0.25, -0.2) is 8.42 Å². The number of amides is 1. The first-order chi connectivity index (χ1) is 16.4. The molecule has 2 aromatic carbocycles. The van der Waals surface area contributed by atoms with Gasteiger partial charge in [0, 0.05) is 31.5 Å². The van der Waals surface area contributed by atoms with E-state index in [0.29, 0.717) is 37.6 Å². The van der Waals surface area contributed by atoms with Gasteiger partial charge in [0.15, 0.2) is 11.5 Å². The molecule has 1 amide bonds. The Balaban J connectivity index is 1.26. The van der Waals surface area contributed by atoms with Crippen LogP contribution in [0.3, 0.4) is 0 Å². The molecule has 0 saturated carbocycles. The van der Waals surface area contributed by atoms with Crippen molar-refractivity contribution in [2.45, 2.75) is 30.8 Å². The molecule has 2 heterocycles. The van der Waals surface area contributed by atoms with E-state index in [2.05, 4.69) is 5.32 Å². The van der Waals surface area contributed by atoms with E-state index in [-0.39, 0.29) is 43.0 Å². The number of carbonyl (C=O) groups is 2. The average Bonchev–Trinajstić information content (AvgIpc) is 3.11. The van der Waals surface area contributed by atoms with Crippen molar-refractivity contribution >= 4 is 21.9 Å². The van der Waals surface area contributed by atoms with E-state index in [1.807, 2.05) is 30.3 Å². The highest BCUT2D eigenvalue weighted by Gasteiger charge is 2.33. The molecule has 2 aliphatic heterocycles. The molecular formula is C24H28N2O7S. The summed E-state index contributed by atoms with van der Waals surface area (Å²) in [5.41, 5.74) is 0.865. The fourth-order valence-corrected chi connectivity index (χ4v) is 5.39. The molecule has 0 aromatic heterocycles. The van der Waals surface area contributed by atoms with Gasteiger partial charge < -0.3 is 19.5 Å². The number of nitrogens with zero attached hydrogens (tertiary/aromatic N) is 1. The fraction of sp³-hybridized carbons (Fsp3) is 0.417. The van der Waals surface area contributed by atoms with Crippen LogP contribution >= 0.6 is 0 Å². The van der Waals surface area contributed by atoms with Crippen LogP contribution in [0.5, 0.6) is 11.5 Å². The zero-order chi connectivity index (χ0) is 24.0. The first kappa shape index (κ1) is 24.0. The number of hydrogen-bond donors (Lipinski definition) is 1. The lowest BCUT2D eigenvalue weighted by molar-refractivity contribution is -0.145. The highest BCUT2D eigenvalue weighted by atomic mass is 32.2. The van der Waals surface area contributed by atoms with Crippen molar-refractivity contribution in [1.82, 2.24) is 9.62 Å². The van der Waals surface area contributed by atoms with E-state index >= 15 is 0 Å². The number of carbonyl (C=O) groups excluding carboxylic acids is 2. The summed E-state index contributed by atoms with van der Waals surface area (Å²) in [5, 5.41) is 2.60. The number of nitrogens with one attached hydrogen (secondary N) is 1. The maximum absolute atomic E-state index is 13.1. The number of sulfonamides is 1. The number of benzene rings is 2. The molecule has 0 spiro atoms. The molecule has 0 radical (unpaired) electrons. The van der Waals surface area contributed by atoms with Crippen LogP contribution in [0.2, 0.25) is 0 Å². The predicted octanol–water partition coefficient (Wildman–Crippen LogP) is 2.11. The molecule has 1 fully saturated rings. The first-order valence-corrected chi connectivity index (χ1v) is 12.7. The third kappa shape index (κ3) is 5.87. The van der Waals surface area contributed by atoms with Gasteiger partial charge in [-0.2, -0.15) is 4.31 Å². The Kier molecular flexibility index (Phi) is 7.69. The number of piperidine rings is 1. The summed E-state index contributed by atoms with van der Waals surface area (Å²) < 4.78 is 43.9. The zero-order valence-corrected chi connectivity index (χ0v) is 19.6. The number of hydrogen-bond acceptors (Lipinski definition) is 7. The Labute approximate surface area is 199 Å². The van der Waals surface area contributed by atoms with Gasteiger partial charge in [-0.05, 0) is 30.5 Å². The van der Waals surface area contributed by atoms with Gasteiger partial charge in [-0.1, -0.05) is 30.3 Å². The standard InChI is InChI=1S/C24H28N2O7S/c27-23(33-17-18-5-2-1-3-6-18)16-25-24(28)19-9-11-26(12-10-19)34(29,30)20-7-8-21-22(15-20)32-14-4-13-31-21/h1-3,5-8,15,19H,4,9-14,16-17H2,(H,25,28). The second-order valence-corrected chi connectivity index (χ2v) is 10.1. The molecule has 1 N–H and O–H groups in total. The van der Waals surface area contributed by atoms with Crippen molar-refractivity contribution in [3.63, 3.8) is 0 Å². The third-order valence-corrected chi connectivity index (χ3v) is 7.73. The lowest BCUT2D eigenvalue weighted by atomic mass is 9.97. The Bertz CT molecular complexity index is 1110. The molecule has 4 rings (SSSR count). The average molecular weight is 489 g/mol. The second-order valence-electron chi connectivity index (χ2n) is 8.20. The number of ether oxygens (including phenoxy) is 3. The van der Waals surface area contributed by atoms with Crippen molar-refractivity contribution in [3.8, 4) is 11.5 Å². The van der Waals surface area contributed by atoms with E-state index < -0.39 is 16.0 Å². The summed E-state index contributed by atoms with van der Waals surface area (Å²) in [6.07, 6.45) is 1.47. The SMILES string of the molecule is O=C(CNC(=O)C1CCN(S(=O)(=O)c2ccc3c(c2)OCCCO3)CC1)OCc1ccccc1. The summed E-state index contributed by atoms with van der Waals surface area (Å²) >= 11 is 0. The Morgan fingerprint density at radius 3 is 2.44 bits per heavy atom. The fourth-order valence-electron chi connectivity index (χ4n) is 3.90. The van der Waals surface area contributed by atoms with Gasteiger partial charge in [0.05, 0.1) is 18.1 Å². The number of esters is 1. The molecule has 0 atom stereocenters. The van der Waals surface area contributed by atoms with Crippen LogP contribution in [-0.4, -0.2) is 57.4 Å². The van der Waals surface area contributed by atoms with E-state index in [1.54, 1.807) is 6.07 Å². The molecule has 0 unspecified atom stereocenters. The van der Waals surface area contributed by atoms with Crippen LogP contribution in [0.25, 0.3) is 0 Å². The van der Waals surface area contributed by atoms with Gasteiger partial charge in [0.25, 0.3) is 0 Å². The van der Waals surface area contributed by atoms with Crippen molar-refractivity contribution in [2.75, 3.05) is 32.8 Å². The van der Waals surface area contributed by atoms with E-state index in [9.17, 15) is 18.0 Å². The zero-order valence-electron chi connectivity index (χ0n) is 18.8. The summed E-state index contributed by atoms with van der Waals surface area (Å²) in [5.74, 6) is -0.200. The second kappa shape index (κ2) is 10.9. The van der Waals surface area contributed by atoms with Crippen LogP contribution in [0.1, 0.15) is 24.8 Å². The van der Waals surface area contributed by atoms with Crippen molar-refractivity contribution in [3.05, 3.63) is 54.1 Å². The number of rotatable bonds is 7. The van der Waals surface area contributed by atoms with E-state index in [1.165, 1.54) is 16.4 Å². The quantitative estimate of drug-likeness (QED) is 0.594. The largest absolute Gasteiger partial charge is 0.490 e. The molecule has 9 nitrogen and oxygen atoms in total. The molecule has 1 saturated heterocycles. The van der Waals surface area contributed by atoms with Crippen LogP contribution in [-0.2, 0) is 31.0 Å². The summed E-state index contributed by atoms with van der Waals surface area (Å²) in [4.78, 5) is 24.5. The highest BCUT2D eigenvalue weighted by Crippen LogP contribution is 2.33. The van der Waals surface area contributed by atoms with Gasteiger partial charge in [0.1, 0.15) is 13.2 Å². The molecule has 34 heavy (non-hydrogen) atoms. The molecule has 0 bridgehead atoms. The first-order valence-electron chi connectivity index (χ1n) is 11.3. The molecule has 10 heteroatoms. The molecule has 2 aliphatic rings. The molecular weight excluding hydrogens is 460 g/mol. The van der Waals surface area contributed by atoms with Crippen molar-refractivity contribution in [1.29, 1.82) is 0 Å². The highest BCUT2D eigenvalue weighted by molar-refractivity contribution is 7.89. The summed E-state index contributed by atoms with van der Waals surface area (Å²) in [6.45, 7) is 1.35. The van der Waals surface area contributed by atoms with Crippen LogP contribution in [0.15, 0.2) is 53.4 Å². The van der Waals surface area contributed by atoms with Crippen LogP contribution < -0.4 is 14.8 Å². The minimum Gasteiger partial charge on any atom is -0.490 e. The summed E-state index contributed by atoms with van der Waals surface area (Å²) in [7, 11) is -3.72. The van der Waals surface area contributed by atoms with Gasteiger partial charge in [-0.3, -0.25) is 9.59 Å². The van der Waals surface area contributed by atoms with Gasteiger partial charge in [0.2, 0.25) is 15.9 Å². The van der Waals surface area contributed by atoms with Gasteiger partial charge in [-0.15, -0.1) is 0 Å². The minimum absolute atomic E-state index is 0.140. The Morgan fingerprint density at radius 2 is 1.71 bits per heavy atom. The van der Waals surface area contributed by atoms with Crippen molar-refractivity contribution < 1.29 is 32.2 Å². The van der Waals surface area contributed by atoms with E-state index in [0.717, 1.165) is 12.0 Å². The molecule has 0 aliphatic carbocycles. The lowest BCUT2D eigenvalue weighted by Gasteiger charge is -2.30. The van der Waals surface area contributed by atoms with Crippen LogP contribution in [0.4, 0.5) is 0 Å². The third-order valence-electron chi connectivity index (χ3n) is 5.83. The maximum atomic E-state index is 13.1. The Hall–Kier alpha value is -3.11. The Morgan fingerprint density at radius 1 is 1.00 bits per heavy atom. The smallest absolute Gasteiger partial charge is 0.325 e. The maximum Gasteiger partial charge on any atom is 0.325 e. The minimum atomic E-state index is -3.72. The molecule has 2 aromatic rings. The van der Waals surface area contributed by atoms with Crippen LogP contribution in [0, 0.1) is 5.92 Å².